The first kappa shape index (κ1) is 31.6. The summed E-state index contributed by atoms with van der Waals surface area (Å²) in [6.45, 7) is 2.20. The van der Waals surface area contributed by atoms with Crippen LogP contribution in [0.2, 0.25) is 0 Å². The normalized spacial score (nSPS) is 13.0. The maximum absolute atomic E-state index is 5.53. The van der Waals surface area contributed by atoms with Gasteiger partial charge in [0.05, 0.1) is 11.0 Å². The quantitative estimate of drug-likeness (QED) is 0.157. The van der Waals surface area contributed by atoms with E-state index in [2.05, 4.69) is 133 Å². The van der Waals surface area contributed by atoms with Gasteiger partial charge in [-0.3, -0.25) is 0 Å². The highest BCUT2D eigenvalue weighted by Crippen LogP contribution is 2.42. The van der Waals surface area contributed by atoms with Crippen LogP contribution < -0.4 is 0 Å². The minimum atomic E-state index is 0.627. The topological polar surface area (TPSA) is 43.6 Å². The van der Waals surface area contributed by atoms with Crippen LogP contribution in [0.4, 0.5) is 0 Å². The van der Waals surface area contributed by atoms with Gasteiger partial charge >= 0.3 is 0 Å². The third kappa shape index (κ3) is 5.64. The highest BCUT2D eigenvalue weighted by molar-refractivity contribution is 7.20. The monoisotopic (exact) mass is 686 g/mol. The fraction of sp³-hybridized carbons (Fsp3) is 0.0851. The van der Waals surface area contributed by atoms with Gasteiger partial charge in [-0.05, 0) is 66.8 Å². The van der Waals surface area contributed by atoms with Crippen LogP contribution in [0.15, 0.2) is 140 Å². The molecule has 0 amide bonds. The fourth-order valence-corrected chi connectivity index (χ4v) is 8.44. The second-order valence-corrected chi connectivity index (χ2v) is 14.2. The maximum atomic E-state index is 5.53. The van der Waals surface area contributed by atoms with Crippen molar-refractivity contribution < 1.29 is 0 Å². The molecule has 3 heterocycles. The zero-order chi connectivity index (χ0) is 35.0. The summed E-state index contributed by atoms with van der Waals surface area (Å²) in [7, 11) is 0. The molecule has 4 nitrogen and oxygen atoms in total. The van der Waals surface area contributed by atoms with E-state index in [4.69, 9.17) is 21.4 Å². The van der Waals surface area contributed by atoms with Gasteiger partial charge < -0.3 is 4.57 Å². The Labute approximate surface area is 307 Å². The summed E-state index contributed by atoms with van der Waals surface area (Å²) in [5.41, 5.74) is 9.96. The number of hydrogen-bond acceptors (Lipinski definition) is 4. The van der Waals surface area contributed by atoms with Gasteiger partial charge in [-0.1, -0.05) is 115 Å². The highest BCUT2D eigenvalue weighted by Gasteiger charge is 2.19. The lowest BCUT2D eigenvalue weighted by atomic mass is 10.0. The van der Waals surface area contributed by atoms with Crippen molar-refractivity contribution in [2.45, 2.75) is 26.2 Å². The zero-order valence-electron chi connectivity index (χ0n) is 28.8. The number of aromatic nitrogens is 4. The third-order valence-corrected chi connectivity index (χ3v) is 10.9. The summed E-state index contributed by atoms with van der Waals surface area (Å²) >= 11 is 1.86. The zero-order valence-corrected chi connectivity index (χ0v) is 29.6. The molecule has 0 radical (unpaired) electrons. The van der Waals surface area contributed by atoms with Gasteiger partial charge in [0.2, 0.25) is 0 Å². The highest BCUT2D eigenvalue weighted by atomic mass is 32.1. The molecular weight excluding hydrogens is 653 g/mol. The van der Waals surface area contributed by atoms with Gasteiger partial charge in [0.15, 0.2) is 17.5 Å². The van der Waals surface area contributed by atoms with E-state index in [1.807, 2.05) is 41.7 Å². The molecule has 5 aromatic carbocycles. The van der Waals surface area contributed by atoms with E-state index in [1.54, 1.807) is 0 Å². The van der Waals surface area contributed by atoms with Gasteiger partial charge in [-0.2, -0.15) is 0 Å². The number of nitrogens with zero attached hydrogens (tertiary/aromatic N) is 4. The lowest BCUT2D eigenvalue weighted by Crippen LogP contribution is -2.03. The molecule has 9 rings (SSSR count). The van der Waals surface area contributed by atoms with Gasteiger partial charge in [0.1, 0.15) is 0 Å². The number of benzene rings is 5. The van der Waals surface area contributed by atoms with Crippen molar-refractivity contribution in [1.29, 1.82) is 0 Å². The Hall–Kier alpha value is -6.35. The molecular formula is C47H34N4S. The molecule has 0 aliphatic heterocycles. The summed E-state index contributed by atoms with van der Waals surface area (Å²) in [5, 5.41) is 3.82. The SMILES string of the molecule is C#CC/C=C\c1c(C)sc2c1ccc1c2c2ccccc2n1-c1ccc(-c2cccc(-c3nc(C4=CCCC=C4)nc(-c4ccccc4)n3)c2)cc1. The summed E-state index contributed by atoms with van der Waals surface area (Å²) in [5.74, 6) is 4.76. The molecule has 0 bridgehead atoms. The predicted molar refractivity (Wildman–Crippen MR) is 219 cm³/mol. The second kappa shape index (κ2) is 13.4. The van der Waals surface area contributed by atoms with Crippen LogP contribution in [0.1, 0.15) is 35.5 Å². The first-order chi connectivity index (χ1) is 25.7. The molecule has 1 aliphatic rings. The minimum Gasteiger partial charge on any atom is -0.309 e. The van der Waals surface area contributed by atoms with Crippen LogP contribution >= 0.6 is 11.3 Å². The van der Waals surface area contributed by atoms with E-state index in [0.29, 0.717) is 23.9 Å². The van der Waals surface area contributed by atoms with Crippen LogP contribution in [-0.4, -0.2) is 19.5 Å². The Balaban J connectivity index is 1.11. The van der Waals surface area contributed by atoms with Crippen molar-refractivity contribution in [3.8, 4) is 51.9 Å². The van der Waals surface area contributed by atoms with E-state index < -0.39 is 0 Å². The predicted octanol–water partition coefficient (Wildman–Crippen LogP) is 12.3. The first-order valence-corrected chi connectivity index (χ1v) is 18.4. The van der Waals surface area contributed by atoms with Gasteiger partial charge in [0.25, 0.3) is 0 Å². The molecule has 8 aromatic rings. The standard InChI is InChI=1S/C47H34N4S/c1-3-4-7-21-38-31(2)52-44-39(38)28-29-42-43(44)40-22-12-13-23-41(40)51(42)37-26-24-32(25-27-37)35-19-14-20-36(30-35)47-49-45(33-15-8-5-9-16-33)48-46(50-47)34-17-10-6-11-18-34/h1,5,7-10,12-30H,4,6,11H2,2H3/b21-7-. The van der Waals surface area contributed by atoms with E-state index in [0.717, 1.165) is 46.4 Å². The molecule has 248 valence electrons. The second-order valence-electron chi connectivity index (χ2n) is 13.0. The summed E-state index contributed by atoms with van der Waals surface area (Å²) in [6.07, 6.45) is 19.0. The van der Waals surface area contributed by atoms with Crippen molar-refractivity contribution in [3.05, 3.63) is 156 Å². The van der Waals surface area contributed by atoms with Crippen molar-refractivity contribution in [2.75, 3.05) is 0 Å². The van der Waals surface area contributed by atoms with Gasteiger partial charge in [-0.15, -0.1) is 23.7 Å². The van der Waals surface area contributed by atoms with Crippen LogP contribution in [0.5, 0.6) is 0 Å². The molecule has 0 saturated heterocycles. The molecule has 3 aromatic heterocycles. The summed E-state index contributed by atoms with van der Waals surface area (Å²) < 4.78 is 3.70. The Bertz CT molecular complexity index is 2770. The van der Waals surface area contributed by atoms with Crippen LogP contribution in [0.3, 0.4) is 0 Å². The number of fused-ring (bicyclic) bond motifs is 5. The lowest BCUT2D eigenvalue weighted by molar-refractivity contribution is 1.01. The number of allylic oxidation sites excluding steroid dienone is 5. The molecule has 0 fully saturated rings. The number of rotatable bonds is 7. The molecule has 0 atom stereocenters. The minimum absolute atomic E-state index is 0.627. The Morgan fingerprint density at radius 2 is 1.46 bits per heavy atom. The fourth-order valence-electron chi connectivity index (χ4n) is 7.25. The number of terminal acetylenes is 1. The molecule has 0 spiro atoms. The Morgan fingerprint density at radius 3 is 2.27 bits per heavy atom. The van der Waals surface area contributed by atoms with Crippen LogP contribution in [0.25, 0.3) is 83.1 Å². The molecule has 0 saturated carbocycles. The van der Waals surface area contributed by atoms with Crippen molar-refractivity contribution in [3.63, 3.8) is 0 Å². The number of para-hydroxylation sites is 1. The molecule has 1 aliphatic carbocycles. The number of aryl methyl sites for hydroxylation is 1. The van der Waals surface area contributed by atoms with Gasteiger partial charge in [0, 0.05) is 54.5 Å². The largest absolute Gasteiger partial charge is 0.309 e. The Morgan fingerprint density at radius 1 is 0.712 bits per heavy atom. The summed E-state index contributed by atoms with van der Waals surface area (Å²) in [4.78, 5) is 16.1. The third-order valence-electron chi connectivity index (χ3n) is 9.74. The van der Waals surface area contributed by atoms with E-state index in [1.165, 1.54) is 42.3 Å². The smallest absolute Gasteiger partial charge is 0.164 e. The average molecular weight is 687 g/mol. The van der Waals surface area contributed by atoms with Crippen molar-refractivity contribution >= 4 is 54.9 Å². The Kier molecular flexibility index (Phi) is 8.15. The molecule has 52 heavy (non-hydrogen) atoms. The average Bonchev–Trinajstić information content (AvgIpc) is 3.72. The van der Waals surface area contributed by atoms with Crippen LogP contribution in [-0.2, 0) is 0 Å². The van der Waals surface area contributed by atoms with E-state index in [-0.39, 0.29) is 0 Å². The summed E-state index contributed by atoms with van der Waals surface area (Å²) in [6, 6.07) is 40.8. The number of thiophene rings is 1. The number of hydrogen-bond donors (Lipinski definition) is 0. The van der Waals surface area contributed by atoms with Gasteiger partial charge in [-0.25, -0.2) is 15.0 Å². The van der Waals surface area contributed by atoms with Crippen molar-refractivity contribution in [2.24, 2.45) is 0 Å². The maximum Gasteiger partial charge on any atom is 0.164 e. The molecule has 0 N–H and O–H groups in total. The molecule has 5 heteroatoms. The first-order valence-electron chi connectivity index (χ1n) is 17.6. The van der Waals surface area contributed by atoms with E-state index in [9.17, 15) is 0 Å². The van der Waals surface area contributed by atoms with Crippen molar-refractivity contribution in [1.82, 2.24) is 19.5 Å². The lowest BCUT2D eigenvalue weighted by Gasteiger charge is -2.12. The molecule has 0 unspecified atom stereocenters. The van der Waals surface area contributed by atoms with E-state index >= 15 is 0 Å². The van der Waals surface area contributed by atoms with Crippen LogP contribution in [0, 0.1) is 19.3 Å².